The van der Waals surface area contributed by atoms with Crippen molar-refractivity contribution in [3.63, 3.8) is 0 Å². The first-order valence-corrected chi connectivity index (χ1v) is 11.7. The summed E-state index contributed by atoms with van der Waals surface area (Å²) in [6.45, 7) is 0.214. The molecule has 178 valence electrons. The van der Waals surface area contributed by atoms with E-state index in [0.717, 1.165) is 28.7 Å². The van der Waals surface area contributed by atoms with Gasteiger partial charge in [-0.25, -0.2) is 4.79 Å². The molecule has 1 fully saturated rings. The maximum atomic E-state index is 12.6. The average Bonchev–Trinajstić information content (AvgIpc) is 3.15. The summed E-state index contributed by atoms with van der Waals surface area (Å²) in [5.41, 5.74) is 4.85. The summed E-state index contributed by atoms with van der Waals surface area (Å²) in [5, 5.41) is 14.7. The summed E-state index contributed by atoms with van der Waals surface area (Å²) in [6.07, 6.45) is 1.56. The van der Waals surface area contributed by atoms with E-state index in [0.29, 0.717) is 24.1 Å². The fourth-order valence-corrected chi connectivity index (χ4v) is 5.01. The summed E-state index contributed by atoms with van der Waals surface area (Å²) in [6, 6.07) is 22.7. The van der Waals surface area contributed by atoms with E-state index in [-0.39, 0.29) is 24.9 Å². The minimum absolute atomic E-state index is 0.0242. The van der Waals surface area contributed by atoms with Crippen molar-refractivity contribution in [3.8, 4) is 11.1 Å². The third-order valence-corrected chi connectivity index (χ3v) is 6.92. The molecule has 3 N–H and O–H groups in total. The van der Waals surface area contributed by atoms with Gasteiger partial charge in [-0.15, -0.1) is 0 Å². The molecule has 0 aromatic heterocycles. The van der Waals surface area contributed by atoms with E-state index in [1.165, 1.54) is 0 Å². The molecule has 0 radical (unpaired) electrons. The van der Waals surface area contributed by atoms with Crippen LogP contribution in [-0.2, 0) is 9.53 Å². The fourth-order valence-electron chi connectivity index (χ4n) is 5.01. The summed E-state index contributed by atoms with van der Waals surface area (Å²) in [7, 11) is 0. The van der Waals surface area contributed by atoms with Gasteiger partial charge < -0.3 is 15.2 Å². The Morgan fingerprint density at radius 1 is 0.886 bits per heavy atom. The number of rotatable bonds is 7. The Hall–Kier alpha value is -4.13. The van der Waals surface area contributed by atoms with Crippen molar-refractivity contribution < 1.29 is 24.2 Å². The third-order valence-electron chi connectivity index (χ3n) is 6.92. The zero-order valence-electron chi connectivity index (χ0n) is 19.1. The van der Waals surface area contributed by atoms with E-state index in [2.05, 4.69) is 34.9 Å². The highest BCUT2D eigenvalue weighted by Gasteiger charge is 2.40. The summed E-state index contributed by atoms with van der Waals surface area (Å²) in [4.78, 5) is 36.2. The van der Waals surface area contributed by atoms with Gasteiger partial charge in [0, 0.05) is 17.2 Å². The summed E-state index contributed by atoms with van der Waals surface area (Å²) in [5.74, 6) is -1.27. The van der Waals surface area contributed by atoms with Crippen LogP contribution in [0.1, 0.15) is 53.1 Å². The normalized spacial score (nSPS) is 15.3. The Morgan fingerprint density at radius 3 is 2.03 bits per heavy atom. The number of carboxylic acids is 1. The Bertz CT molecular complexity index is 1240. The van der Waals surface area contributed by atoms with Crippen LogP contribution in [0.15, 0.2) is 72.8 Å². The van der Waals surface area contributed by atoms with Crippen molar-refractivity contribution in [3.05, 3.63) is 89.5 Å². The minimum Gasteiger partial charge on any atom is -0.481 e. The zero-order valence-corrected chi connectivity index (χ0v) is 19.1. The largest absolute Gasteiger partial charge is 0.481 e. The van der Waals surface area contributed by atoms with E-state index in [1.807, 2.05) is 24.3 Å². The van der Waals surface area contributed by atoms with Gasteiger partial charge in [0.15, 0.2) is 0 Å². The van der Waals surface area contributed by atoms with Crippen LogP contribution < -0.4 is 10.6 Å². The molecule has 2 aliphatic carbocycles. The van der Waals surface area contributed by atoms with Crippen molar-refractivity contribution >= 4 is 23.7 Å². The number of ether oxygens (including phenoxy) is 1. The van der Waals surface area contributed by atoms with E-state index < -0.39 is 17.6 Å². The van der Waals surface area contributed by atoms with Crippen LogP contribution in [0.25, 0.3) is 11.1 Å². The number of carboxylic acid groups (broad SMARTS) is 1. The number of fused-ring (bicyclic) bond motifs is 3. The number of nitrogens with one attached hydrogen (secondary N) is 2. The lowest BCUT2D eigenvalue weighted by Gasteiger charge is -2.41. The third kappa shape index (κ3) is 4.62. The Kier molecular flexibility index (Phi) is 5.99. The van der Waals surface area contributed by atoms with Gasteiger partial charge in [0.1, 0.15) is 6.61 Å². The number of anilines is 1. The van der Waals surface area contributed by atoms with Crippen molar-refractivity contribution in [2.75, 3.05) is 11.9 Å². The predicted octanol–water partition coefficient (Wildman–Crippen LogP) is 5.17. The van der Waals surface area contributed by atoms with E-state index in [9.17, 15) is 14.4 Å². The van der Waals surface area contributed by atoms with E-state index in [4.69, 9.17) is 9.84 Å². The number of hydrogen-bond donors (Lipinski definition) is 3. The predicted molar refractivity (Wildman–Crippen MR) is 131 cm³/mol. The lowest BCUT2D eigenvalue weighted by atomic mass is 9.74. The molecule has 0 saturated heterocycles. The van der Waals surface area contributed by atoms with Gasteiger partial charge in [0.25, 0.3) is 5.91 Å². The molecule has 5 rings (SSSR count). The van der Waals surface area contributed by atoms with Crippen LogP contribution >= 0.6 is 0 Å². The fraction of sp³-hybridized carbons (Fsp3) is 0.250. The van der Waals surface area contributed by atoms with Crippen molar-refractivity contribution in [1.29, 1.82) is 0 Å². The molecular weight excluding hydrogens is 444 g/mol. The number of amides is 2. The quantitative estimate of drug-likeness (QED) is 0.442. The zero-order chi connectivity index (χ0) is 24.4. The molecule has 0 spiro atoms. The average molecular weight is 471 g/mol. The lowest BCUT2D eigenvalue weighted by molar-refractivity contribution is -0.139. The second-order valence-electron chi connectivity index (χ2n) is 9.19. The minimum atomic E-state index is -0.923. The molecule has 3 aromatic carbocycles. The highest BCUT2D eigenvalue weighted by Crippen LogP contribution is 2.44. The molecule has 0 heterocycles. The molecular formula is C28H26N2O5. The van der Waals surface area contributed by atoms with Gasteiger partial charge in [0.2, 0.25) is 0 Å². The van der Waals surface area contributed by atoms with Gasteiger partial charge in [-0.1, -0.05) is 48.5 Å². The molecule has 2 amide bonds. The second kappa shape index (κ2) is 9.25. The van der Waals surface area contributed by atoms with Crippen molar-refractivity contribution in [1.82, 2.24) is 5.32 Å². The second-order valence-corrected chi connectivity index (χ2v) is 9.19. The van der Waals surface area contributed by atoms with Crippen LogP contribution in [0.3, 0.4) is 0 Å². The molecule has 0 bridgehead atoms. The van der Waals surface area contributed by atoms with Gasteiger partial charge in [0.05, 0.1) is 12.0 Å². The van der Waals surface area contributed by atoms with Gasteiger partial charge in [-0.3, -0.25) is 14.9 Å². The topological polar surface area (TPSA) is 105 Å². The number of benzene rings is 3. The maximum absolute atomic E-state index is 12.6. The first-order chi connectivity index (χ1) is 16.9. The molecule has 35 heavy (non-hydrogen) atoms. The van der Waals surface area contributed by atoms with Crippen LogP contribution in [0.5, 0.6) is 0 Å². The summed E-state index contributed by atoms with van der Waals surface area (Å²) >= 11 is 0. The monoisotopic (exact) mass is 470 g/mol. The van der Waals surface area contributed by atoms with Gasteiger partial charge in [-0.2, -0.15) is 0 Å². The Balaban J connectivity index is 1.18. The number of carbonyl (C=O) groups is 3. The number of aliphatic carboxylic acids is 1. The smallest absolute Gasteiger partial charge is 0.411 e. The van der Waals surface area contributed by atoms with Crippen molar-refractivity contribution in [2.24, 2.45) is 0 Å². The highest BCUT2D eigenvalue weighted by atomic mass is 16.5. The van der Waals surface area contributed by atoms with E-state index >= 15 is 0 Å². The number of carbonyl (C=O) groups excluding carboxylic acids is 2. The molecule has 0 aliphatic heterocycles. The molecule has 1 saturated carbocycles. The van der Waals surface area contributed by atoms with Gasteiger partial charge >= 0.3 is 12.1 Å². The molecule has 7 nitrogen and oxygen atoms in total. The van der Waals surface area contributed by atoms with Crippen LogP contribution in [0, 0.1) is 0 Å². The Labute approximate surface area is 203 Å². The first kappa shape index (κ1) is 22.7. The molecule has 2 aliphatic rings. The van der Waals surface area contributed by atoms with E-state index in [1.54, 1.807) is 24.3 Å². The molecule has 0 atom stereocenters. The van der Waals surface area contributed by atoms with Crippen LogP contribution in [0.4, 0.5) is 10.5 Å². The SMILES string of the molecule is O=C(O)CC1(NC(=O)c2ccc(NC(=O)OCC3c4ccccc4-c4ccccc43)cc2)CCC1. The highest BCUT2D eigenvalue weighted by molar-refractivity contribution is 5.96. The Morgan fingerprint density at radius 2 is 1.49 bits per heavy atom. The van der Waals surface area contributed by atoms with Gasteiger partial charge in [-0.05, 0) is 65.8 Å². The van der Waals surface area contributed by atoms with Crippen LogP contribution in [0.2, 0.25) is 0 Å². The summed E-state index contributed by atoms with van der Waals surface area (Å²) < 4.78 is 5.56. The van der Waals surface area contributed by atoms with Crippen LogP contribution in [-0.4, -0.2) is 35.2 Å². The number of hydrogen-bond acceptors (Lipinski definition) is 4. The maximum Gasteiger partial charge on any atom is 0.411 e. The van der Waals surface area contributed by atoms with Crippen molar-refractivity contribution in [2.45, 2.75) is 37.1 Å². The molecule has 7 heteroatoms. The standard InChI is InChI=1S/C28H26N2O5/c31-25(32)16-28(14-5-15-28)30-26(33)18-10-12-19(13-11-18)29-27(34)35-17-24-22-8-3-1-6-20(22)21-7-2-4-9-23(21)24/h1-4,6-13,24H,5,14-17H2,(H,29,34)(H,30,33)(H,31,32). The molecule has 3 aromatic rings. The lowest BCUT2D eigenvalue weighted by Crippen LogP contribution is -2.54. The molecule has 0 unspecified atom stereocenters. The first-order valence-electron chi connectivity index (χ1n) is 11.7.